The van der Waals surface area contributed by atoms with E-state index < -0.39 is 0 Å². The third-order valence-electron chi connectivity index (χ3n) is 4.36. The zero-order chi connectivity index (χ0) is 12.5. The number of aromatic nitrogens is 2. The van der Waals surface area contributed by atoms with Crippen LogP contribution in [0.25, 0.3) is 0 Å². The van der Waals surface area contributed by atoms with E-state index in [1.807, 2.05) is 0 Å². The van der Waals surface area contributed by atoms with E-state index in [0.29, 0.717) is 11.9 Å². The van der Waals surface area contributed by atoms with E-state index >= 15 is 0 Å². The summed E-state index contributed by atoms with van der Waals surface area (Å²) in [5.74, 6) is 1.32. The van der Waals surface area contributed by atoms with Crippen molar-refractivity contribution in [2.45, 2.75) is 50.2 Å². The molecule has 3 rings (SSSR count). The maximum absolute atomic E-state index is 5.54. The minimum Gasteiger partial charge on any atom is -0.382 e. The van der Waals surface area contributed by atoms with Crippen LogP contribution in [0, 0.1) is 0 Å². The monoisotopic (exact) mass is 247 g/mol. The van der Waals surface area contributed by atoms with E-state index in [2.05, 4.69) is 27.2 Å². The molecule has 5 heteroatoms. The molecule has 2 fully saturated rings. The van der Waals surface area contributed by atoms with E-state index in [9.17, 15) is 0 Å². The minimum absolute atomic E-state index is 0.473. The van der Waals surface area contributed by atoms with Gasteiger partial charge in [0.25, 0.3) is 0 Å². The maximum atomic E-state index is 5.54. The van der Waals surface area contributed by atoms with Crippen molar-refractivity contribution in [1.29, 1.82) is 0 Å². The Kier molecular flexibility index (Phi) is 3.07. The smallest absolute Gasteiger partial charge is 0.144 e. The number of nitrogen functional groups attached to an aromatic ring is 1. The van der Waals surface area contributed by atoms with Crippen molar-refractivity contribution in [2.24, 2.45) is 0 Å². The summed E-state index contributed by atoms with van der Waals surface area (Å²) in [6.07, 6.45) is 9.80. The highest BCUT2D eigenvalue weighted by molar-refractivity contribution is 5.37. The number of hydrogen-bond acceptors (Lipinski definition) is 5. The SMILES string of the molecule is CN1C2CCCC1CC(Nc1cnc(N)cn1)C2. The summed E-state index contributed by atoms with van der Waals surface area (Å²) >= 11 is 0. The van der Waals surface area contributed by atoms with Gasteiger partial charge in [0, 0.05) is 18.1 Å². The summed E-state index contributed by atoms with van der Waals surface area (Å²) in [7, 11) is 2.27. The highest BCUT2D eigenvalue weighted by atomic mass is 15.2. The number of hydrogen-bond donors (Lipinski definition) is 2. The molecule has 3 heterocycles. The van der Waals surface area contributed by atoms with Crippen molar-refractivity contribution in [2.75, 3.05) is 18.1 Å². The molecule has 2 aliphatic rings. The quantitative estimate of drug-likeness (QED) is 0.828. The zero-order valence-corrected chi connectivity index (χ0v) is 10.8. The molecule has 2 atom stereocenters. The van der Waals surface area contributed by atoms with Gasteiger partial charge in [-0.25, -0.2) is 9.97 Å². The Morgan fingerprint density at radius 1 is 1.22 bits per heavy atom. The molecular formula is C13H21N5. The van der Waals surface area contributed by atoms with E-state index in [-0.39, 0.29) is 0 Å². The van der Waals surface area contributed by atoms with Gasteiger partial charge < -0.3 is 16.0 Å². The lowest BCUT2D eigenvalue weighted by molar-refractivity contribution is 0.0608. The fourth-order valence-corrected chi connectivity index (χ4v) is 3.36. The molecule has 0 saturated carbocycles. The molecule has 98 valence electrons. The van der Waals surface area contributed by atoms with Gasteiger partial charge in [0.1, 0.15) is 11.6 Å². The third-order valence-corrected chi connectivity index (χ3v) is 4.36. The molecule has 0 radical (unpaired) electrons. The molecule has 1 aromatic rings. The molecule has 18 heavy (non-hydrogen) atoms. The fourth-order valence-electron chi connectivity index (χ4n) is 3.36. The number of nitrogens with two attached hydrogens (primary N) is 1. The van der Waals surface area contributed by atoms with Crippen LogP contribution in [0.1, 0.15) is 32.1 Å². The Morgan fingerprint density at radius 2 is 1.94 bits per heavy atom. The Hall–Kier alpha value is -1.36. The van der Waals surface area contributed by atoms with Gasteiger partial charge in [-0.15, -0.1) is 0 Å². The third kappa shape index (κ3) is 2.27. The van der Waals surface area contributed by atoms with Crippen molar-refractivity contribution in [3.05, 3.63) is 12.4 Å². The minimum atomic E-state index is 0.473. The summed E-state index contributed by atoms with van der Waals surface area (Å²) in [5.41, 5.74) is 5.54. The van der Waals surface area contributed by atoms with Gasteiger partial charge in [-0.05, 0) is 32.7 Å². The summed E-state index contributed by atoms with van der Waals surface area (Å²) in [5, 5.41) is 3.50. The topological polar surface area (TPSA) is 67.1 Å². The lowest BCUT2D eigenvalue weighted by Gasteiger charge is -2.47. The first kappa shape index (κ1) is 11.7. The Balaban J connectivity index is 1.66. The van der Waals surface area contributed by atoms with Crippen molar-refractivity contribution in [3.8, 4) is 0 Å². The first-order chi connectivity index (χ1) is 8.72. The van der Waals surface area contributed by atoms with Crippen molar-refractivity contribution >= 4 is 11.6 Å². The summed E-state index contributed by atoms with van der Waals surface area (Å²) < 4.78 is 0. The van der Waals surface area contributed by atoms with E-state index in [4.69, 9.17) is 5.73 Å². The maximum Gasteiger partial charge on any atom is 0.144 e. The summed E-state index contributed by atoms with van der Waals surface area (Å²) in [4.78, 5) is 10.9. The van der Waals surface area contributed by atoms with Crippen LogP contribution in [-0.2, 0) is 0 Å². The fraction of sp³-hybridized carbons (Fsp3) is 0.692. The molecule has 0 amide bonds. The van der Waals surface area contributed by atoms with Gasteiger partial charge in [0.05, 0.1) is 12.4 Å². The average molecular weight is 247 g/mol. The molecule has 2 unspecified atom stereocenters. The van der Waals surface area contributed by atoms with Crippen LogP contribution < -0.4 is 11.1 Å². The van der Waals surface area contributed by atoms with Crippen molar-refractivity contribution < 1.29 is 0 Å². The van der Waals surface area contributed by atoms with Crippen LogP contribution in [0.2, 0.25) is 0 Å². The van der Waals surface area contributed by atoms with E-state index in [1.165, 1.54) is 32.1 Å². The lowest BCUT2D eigenvalue weighted by atomic mass is 9.82. The molecule has 0 aliphatic carbocycles. The number of fused-ring (bicyclic) bond motifs is 2. The van der Waals surface area contributed by atoms with E-state index in [0.717, 1.165) is 17.9 Å². The number of nitrogens with zero attached hydrogens (tertiary/aromatic N) is 3. The molecule has 2 bridgehead atoms. The largest absolute Gasteiger partial charge is 0.382 e. The Labute approximate surface area is 108 Å². The number of nitrogens with one attached hydrogen (secondary N) is 1. The predicted octanol–water partition coefficient (Wildman–Crippen LogP) is 1.49. The van der Waals surface area contributed by atoms with Gasteiger partial charge in [0.2, 0.25) is 0 Å². The molecule has 3 N–H and O–H groups in total. The molecule has 0 aromatic carbocycles. The second-order valence-electron chi connectivity index (χ2n) is 5.54. The van der Waals surface area contributed by atoms with Gasteiger partial charge in [0.15, 0.2) is 0 Å². The van der Waals surface area contributed by atoms with Crippen molar-refractivity contribution in [1.82, 2.24) is 14.9 Å². The van der Waals surface area contributed by atoms with Crippen LogP contribution >= 0.6 is 0 Å². The normalized spacial score (nSPS) is 32.2. The number of rotatable bonds is 2. The molecule has 5 nitrogen and oxygen atoms in total. The number of piperidine rings is 2. The first-order valence-corrected chi connectivity index (χ1v) is 6.78. The second-order valence-corrected chi connectivity index (χ2v) is 5.54. The predicted molar refractivity (Wildman–Crippen MR) is 72.3 cm³/mol. The average Bonchev–Trinajstić information content (AvgIpc) is 2.33. The van der Waals surface area contributed by atoms with Gasteiger partial charge in [-0.2, -0.15) is 0 Å². The van der Waals surface area contributed by atoms with Crippen molar-refractivity contribution in [3.63, 3.8) is 0 Å². The van der Waals surface area contributed by atoms with Crippen LogP contribution in [0.5, 0.6) is 0 Å². The molecule has 0 spiro atoms. The molecular weight excluding hydrogens is 226 g/mol. The molecule has 2 aliphatic heterocycles. The van der Waals surface area contributed by atoms with Crippen LogP contribution in [0.4, 0.5) is 11.6 Å². The number of anilines is 2. The Bertz CT molecular complexity index is 390. The summed E-state index contributed by atoms with van der Waals surface area (Å²) in [6.45, 7) is 0. The van der Waals surface area contributed by atoms with Gasteiger partial charge in [-0.3, -0.25) is 0 Å². The standard InChI is InChI=1S/C13H21N5/c1-18-10-3-2-4-11(18)6-9(5-10)17-13-8-15-12(14)7-16-13/h7-11H,2-6H2,1H3,(H2,14,15)(H,16,17). The van der Waals surface area contributed by atoms with Crippen LogP contribution in [0.15, 0.2) is 12.4 Å². The van der Waals surface area contributed by atoms with Crippen LogP contribution in [-0.4, -0.2) is 40.0 Å². The highest BCUT2D eigenvalue weighted by Gasteiger charge is 2.35. The molecule has 1 aromatic heterocycles. The summed E-state index contributed by atoms with van der Waals surface area (Å²) in [6, 6.07) is 1.99. The Morgan fingerprint density at radius 3 is 2.56 bits per heavy atom. The lowest BCUT2D eigenvalue weighted by Crippen LogP contribution is -2.52. The molecule has 2 saturated heterocycles. The first-order valence-electron chi connectivity index (χ1n) is 6.78. The van der Waals surface area contributed by atoms with Crippen LogP contribution in [0.3, 0.4) is 0 Å². The van der Waals surface area contributed by atoms with E-state index in [1.54, 1.807) is 12.4 Å². The second kappa shape index (κ2) is 4.72. The van der Waals surface area contributed by atoms with Gasteiger partial charge in [-0.1, -0.05) is 6.42 Å². The van der Waals surface area contributed by atoms with Gasteiger partial charge >= 0.3 is 0 Å². The highest BCUT2D eigenvalue weighted by Crippen LogP contribution is 2.33. The zero-order valence-electron chi connectivity index (χ0n) is 10.8.